The Morgan fingerprint density at radius 3 is 2.66 bits per heavy atom. The zero-order chi connectivity index (χ0) is 20.2. The third-order valence-corrected chi connectivity index (χ3v) is 4.88. The normalized spacial score (nSPS) is 11.1. The molecule has 1 amide bonds. The standard InChI is InChI=1S/C23H18ClN3O2/c1-16-8-9-17(14-20(16)24)22-11-10-18(29-22)15-25-26-23(28)19-6-2-3-7-21(19)27-12-4-5-13-27/h2-15H,1H3,(H,26,28)/b25-15+. The lowest BCUT2D eigenvalue weighted by Gasteiger charge is -2.08. The minimum absolute atomic E-state index is 0.303. The minimum Gasteiger partial charge on any atom is -0.455 e. The Kier molecular flexibility index (Phi) is 5.31. The van der Waals surface area contributed by atoms with Gasteiger partial charge in [-0.2, -0.15) is 5.10 Å². The number of hydrogen-bond donors (Lipinski definition) is 1. The lowest BCUT2D eigenvalue weighted by atomic mass is 10.1. The molecule has 0 unspecified atom stereocenters. The molecule has 0 bridgehead atoms. The van der Waals surface area contributed by atoms with Gasteiger partial charge in [-0.05, 0) is 55.0 Å². The van der Waals surface area contributed by atoms with Crippen LogP contribution in [0.4, 0.5) is 0 Å². The fourth-order valence-corrected chi connectivity index (χ4v) is 3.10. The number of rotatable bonds is 5. The van der Waals surface area contributed by atoms with Crippen molar-refractivity contribution >= 4 is 23.7 Å². The largest absolute Gasteiger partial charge is 0.455 e. The summed E-state index contributed by atoms with van der Waals surface area (Å²) in [6.07, 6.45) is 5.24. The molecule has 0 fully saturated rings. The number of halogens is 1. The molecule has 0 aliphatic carbocycles. The number of hydrogen-bond acceptors (Lipinski definition) is 3. The fourth-order valence-electron chi connectivity index (χ4n) is 2.92. The van der Waals surface area contributed by atoms with Crippen LogP contribution in [0.15, 0.2) is 88.6 Å². The number of benzene rings is 2. The molecule has 4 aromatic rings. The molecule has 0 saturated carbocycles. The zero-order valence-corrected chi connectivity index (χ0v) is 16.4. The van der Waals surface area contributed by atoms with Crippen molar-refractivity contribution in [3.8, 4) is 17.0 Å². The number of amides is 1. The van der Waals surface area contributed by atoms with E-state index in [4.69, 9.17) is 16.0 Å². The smallest absolute Gasteiger partial charge is 0.273 e. The number of furan rings is 1. The van der Waals surface area contributed by atoms with Crippen LogP contribution in [0.2, 0.25) is 5.02 Å². The fraction of sp³-hybridized carbons (Fsp3) is 0.0435. The van der Waals surface area contributed by atoms with Crippen molar-refractivity contribution in [3.05, 3.63) is 101 Å². The second-order valence-electron chi connectivity index (χ2n) is 6.47. The van der Waals surface area contributed by atoms with Crippen LogP contribution in [-0.2, 0) is 0 Å². The summed E-state index contributed by atoms with van der Waals surface area (Å²) < 4.78 is 7.65. The molecule has 0 spiro atoms. The highest BCUT2D eigenvalue weighted by Crippen LogP contribution is 2.26. The molecule has 0 aliphatic heterocycles. The second-order valence-corrected chi connectivity index (χ2v) is 6.88. The van der Waals surface area contributed by atoms with Crippen LogP contribution in [-0.4, -0.2) is 16.7 Å². The van der Waals surface area contributed by atoms with Crippen LogP contribution in [0.3, 0.4) is 0 Å². The van der Waals surface area contributed by atoms with Gasteiger partial charge in [0.1, 0.15) is 11.5 Å². The van der Waals surface area contributed by atoms with E-state index in [0.29, 0.717) is 22.1 Å². The van der Waals surface area contributed by atoms with Gasteiger partial charge in [-0.25, -0.2) is 5.43 Å². The van der Waals surface area contributed by atoms with Crippen molar-refractivity contribution < 1.29 is 9.21 Å². The second kappa shape index (κ2) is 8.20. The van der Waals surface area contributed by atoms with Gasteiger partial charge in [-0.15, -0.1) is 0 Å². The van der Waals surface area contributed by atoms with E-state index in [0.717, 1.165) is 16.8 Å². The number of carbonyl (C=O) groups excluding carboxylic acids is 1. The van der Waals surface area contributed by atoms with Gasteiger partial charge in [-0.1, -0.05) is 35.9 Å². The van der Waals surface area contributed by atoms with E-state index < -0.39 is 0 Å². The van der Waals surface area contributed by atoms with Crippen LogP contribution in [0.5, 0.6) is 0 Å². The summed E-state index contributed by atoms with van der Waals surface area (Å²) in [7, 11) is 0. The van der Waals surface area contributed by atoms with Crippen molar-refractivity contribution in [1.29, 1.82) is 0 Å². The van der Waals surface area contributed by atoms with Gasteiger partial charge in [0.25, 0.3) is 5.91 Å². The Morgan fingerprint density at radius 2 is 1.86 bits per heavy atom. The quantitative estimate of drug-likeness (QED) is 0.355. The van der Waals surface area contributed by atoms with Gasteiger partial charge < -0.3 is 8.98 Å². The number of hydrazone groups is 1. The molecule has 2 aromatic heterocycles. The Bertz CT molecular complexity index is 1180. The van der Waals surface area contributed by atoms with E-state index in [1.54, 1.807) is 12.1 Å². The Hall–Kier alpha value is -3.57. The van der Waals surface area contributed by atoms with E-state index in [1.165, 1.54) is 6.21 Å². The molecule has 5 nitrogen and oxygen atoms in total. The molecule has 4 rings (SSSR count). The first-order valence-corrected chi connectivity index (χ1v) is 9.42. The van der Waals surface area contributed by atoms with Crippen molar-refractivity contribution in [2.75, 3.05) is 0 Å². The van der Waals surface area contributed by atoms with E-state index in [-0.39, 0.29) is 5.91 Å². The van der Waals surface area contributed by atoms with E-state index in [2.05, 4.69) is 10.5 Å². The number of para-hydroxylation sites is 1. The van der Waals surface area contributed by atoms with Crippen molar-refractivity contribution in [3.63, 3.8) is 0 Å². The predicted molar refractivity (Wildman–Crippen MR) is 115 cm³/mol. The third kappa shape index (κ3) is 4.15. The number of aryl methyl sites for hydroxylation is 1. The highest BCUT2D eigenvalue weighted by atomic mass is 35.5. The summed E-state index contributed by atoms with van der Waals surface area (Å²) in [5.74, 6) is 0.899. The first kappa shape index (κ1) is 18.8. The van der Waals surface area contributed by atoms with Crippen LogP contribution in [0.1, 0.15) is 21.7 Å². The van der Waals surface area contributed by atoms with Crippen molar-refractivity contribution in [1.82, 2.24) is 9.99 Å². The Balaban J connectivity index is 1.47. The summed E-state index contributed by atoms with van der Waals surface area (Å²) in [5.41, 5.74) is 5.74. The molecule has 0 atom stereocenters. The van der Waals surface area contributed by atoms with Gasteiger partial charge >= 0.3 is 0 Å². The SMILES string of the molecule is Cc1ccc(-c2ccc(/C=N/NC(=O)c3ccccc3-n3cccc3)o2)cc1Cl. The predicted octanol–water partition coefficient (Wildman–Crippen LogP) is 5.46. The molecule has 0 aliphatic rings. The summed E-state index contributed by atoms with van der Waals surface area (Å²) in [6, 6.07) is 20.5. The maximum atomic E-state index is 12.6. The molecule has 29 heavy (non-hydrogen) atoms. The van der Waals surface area contributed by atoms with Crippen LogP contribution >= 0.6 is 11.6 Å². The first-order chi connectivity index (χ1) is 14.1. The molecule has 144 valence electrons. The van der Waals surface area contributed by atoms with Crippen LogP contribution < -0.4 is 5.43 Å². The maximum absolute atomic E-state index is 12.6. The van der Waals surface area contributed by atoms with Crippen LogP contribution in [0.25, 0.3) is 17.0 Å². The topological polar surface area (TPSA) is 59.5 Å². The summed E-state index contributed by atoms with van der Waals surface area (Å²) >= 11 is 6.18. The number of carbonyl (C=O) groups is 1. The number of aromatic nitrogens is 1. The summed E-state index contributed by atoms with van der Waals surface area (Å²) in [5, 5.41) is 4.71. The Morgan fingerprint density at radius 1 is 1.07 bits per heavy atom. The highest BCUT2D eigenvalue weighted by Gasteiger charge is 2.11. The first-order valence-electron chi connectivity index (χ1n) is 9.04. The minimum atomic E-state index is -0.303. The average molecular weight is 404 g/mol. The van der Waals surface area contributed by atoms with E-state index in [1.807, 2.05) is 78.5 Å². The third-order valence-electron chi connectivity index (χ3n) is 4.47. The molecule has 0 radical (unpaired) electrons. The van der Waals surface area contributed by atoms with E-state index >= 15 is 0 Å². The lowest BCUT2D eigenvalue weighted by molar-refractivity contribution is 0.0955. The lowest BCUT2D eigenvalue weighted by Crippen LogP contribution is -2.19. The average Bonchev–Trinajstić information content (AvgIpc) is 3.42. The molecule has 6 heteroatoms. The van der Waals surface area contributed by atoms with Gasteiger partial charge in [0.05, 0.1) is 17.5 Å². The molecular weight excluding hydrogens is 386 g/mol. The van der Waals surface area contributed by atoms with Gasteiger partial charge in [0.15, 0.2) is 0 Å². The molecule has 0 saturated heterocycles. The summed E-state index contributed by atoms with van der Waals surface area (Å²) in [6.45, 7) is 1.95. The maximum Gasteiger partial charge on any atom is 0.273 e. The molecule has 1 N–H and O–H groups in total. The van der Waals surface area contributed by atoms with Gasteiger partial charge in [0, 0.05) is 23.0 Å². The van der Waals surface area contributed by atoms with E-state index in [9.17, 15) is 4.79 Å². The zero-order valence-electron chi connectivity index (χ0n) is 15.7. The van der Waals surface area contributed by atoms with Crippen molar-refractivity contribution in [2.45, 2.75) is 6.92 Å². The van der Waals surface area contributed by atoms with Crippen molar-refractivity contribution in [2.24, 2.45) is 5.10 Å². The highest BCUT2D eigenvalue weighted by molar-refractivity contribution is 6.31. The molecule has 2 heterocycles. The number of nitrogens with zero attached hydrogens (tertiary/aromatic N) is 2. The van der Waals surface area contributed by atoms with Gasteiger partial charge in [0.2, 0.25) is 0 Å². The van der Waals surface area contributed by atoms with Gasteiger partial charge in [-0.3, -0.25) is 4.79 Å². The molecule has 2 aromatic carbocycles. The number of nitrogens with one attached hydrogen (secondary N) is 1. The Labute approximate surface area is 173 Å². The molecular formula is C23H18ClN3O2. The monoisotopic (exact) mass is 403 g/mol. The summed E-state index contributed by atoms with van der Waals surface area (Å²) in [4.78, 5) is 12.6. The van der Waals surface area contributed by atoms with Crippen LogP contribution in [0, 0.1) is 6.92 Å².